The highest BCUT2D eigenvalue weighted by Crippen LogP contribution is 2.22. The van der Waals surface area contributed by atoms with Crippen molar-refractivity contribution in [2.45, 2.75) is 59.0 Å². The van der Waals surface area contributed by atoms with Crippen LogP contribution in [0.15, 0.2) is 18.2 Å². The molecule has 0 unspecified atom stereocenters. The number of halogens is 1. The van der Waals surface area contributed by atoms with E-state index in [0.717, 1.165) is 19.3 Å². The van der Waals surface area contributed by atoms with Gasteiger partial charge in [0.05, 0.1) is 11.0 Å². The quantitative estimate of drug-likeness (QED) is 0.487. The van der Waals surface area contributed by atoms with E-state index in [4.69, 9.17) is 4.74 Å². The van der Waals surface area contributed by atoms with Gasteiger partial charge in [-0.3, -0.25) is 9.20 Å². The van der Waals surface area contributed by atoms with Crippen LogP contribution in [0.5, 0.6) is 0 Å². The number of carbonyl (C=O) groups is 1. The van der Waals surface area contributed by atoms with E-state index in [9.17, 15) is 9.18 Å². The monoisotopic (exact) mass is 387 g/mol. The minimum atomic E-state index is -0.439. The first-order chi connectivity index (χ1) is 13.2. The molecule has 0 amide bonds. The molecule has 0 saturated heterocycles. The summed E-state index contributed by atoms with van der Waals surface area (Å²) in [7, 11) is 0. The number of hydrogen-bond acceptors (Lipinski definition) is 6. The number of esters is 1. The van der Waals surface area contributed by atoms with Gasteiger partial charge >= 0.3 is 5.97 Å². The summed E-state index contributed by atoms with van der Waals surface area (Å²) in [5.41, 5.74) is 1.44. The van der Waals surface area contributed by atoms with Crippen molar-refractivity contribution in [2.24, 2.45) is 0 Å². The van der Waals surface area contributed by atoms with Crippen molar-refractivity contribution in [1.82, 2.24) is 19.6 Å². The highest BCUT2D eigenvalue weighted by Gasteiger charge is 2.16. The Hall–Kier alpha value is -2.77. The van der Waals surface area contributed by atoms with Gasteiger partial charge in [0.15, 0.2) is 5.82 Å². The van der Waals surface area contributed by atoms with E-state index in [-0.39, 0.29) is 11.8 Å². The molecule has 1 aromatic carbocycles. The van der Waals surface area contributed by atoms with E-state index in [0.29, 0.717) is 41.3 Å². The van der Waals surface area contributed by atoms with Gasteiger partial charge in [0.25, 0.3) is 0 Å². The van der Waals surface area contributed by atoms with Crippen LogP contribution >= 0.6 is 0 Å². The van der Waals surface area contributed by atoms with Crippen molar-refractivity contribution in [1.29, 1.82) is 0 Å². The number of rotatable bonds is 7. The lowest BCUT2D eigenvalue weighted by Gasteiger charge is -2.19. The minimum absolute atomic E-state index is 0.162. The maximum Gasteiger partial charge on any atom is 0.306 e. The van der Waals surface area contributed by atoms with E-state index in [1.807, 2.05) is 27.7 Å². The van der Waals surface area contributed by atoms with Crippen LogP contribution in [0, 0.1) is 12.7 Å². The van der Waals surface area contributed by atoms with Gasteiger partial charge in [0.1, 0.15) is 17.2 Å². The average Bonchev–Trinajstić information content (AvgIpc) is 2.99. The Labute approximate surface area is 163 Å². The van der Waals surface area contributed by atoms with Gasteiger partial charge in [-0.2, -0.15) is 0 Å². The summed E-state index contributed by atoms with van der Waals surface area (Å²) < 4.78 is 20.7. The Morgan fingerprint density at radius 3 is 2.75 bits per heavy atom. The molecule has 2 heterocycles. The lowest BCUT2D eigenvalue weighted by molar-refractivity contribution is -0.154. The van der Waals surface area contributed by atoms with Crippen molar-refractivity contribution in [3.05, 3.63) is 29.8 Å². The van der Waals surface area contributed by atoms with E-state index in [1.54, 1.807) is 10.5 Å². The molecule has 0 spiro atoms. The van der Waals surface area contributed by atoms with Crippen LogP contribution in [0.4, 0.5) is 10.2 Å². The van der Waals surface area contributed by atoms with E-state index in [1.165, 1.54) is 12.1 Å². The molecule has 150 valence electrons. The van der Waals surface area contributed by atoms with E-state index < -0.39 is 5.60 Å². The van der Waals surface area contributed by atoms with Crippen LogP contribution in [-0.4, -0.2) is 37.7 Å². The average molecular weight is 387 g/mol. The predicted octanol–water partition coefficient (Wildman–Crippen LogP) is 4.04. The topological polar surface area (TPSA) is 81.4 Å². The van der Waals surface area contributed by atoms with Crippen molar-refractivity contribution < 1.29 is 13.9 Å². The summed E-state index contributed by atoms with van der Waals surface area (Å²) in [6, 6.07) is 4.48. The van der Waals surface area contributed by atoms with Gasteiger partial charge in [0, 0.05) is 19.0 Å². The van der Waals surface area contributed by atoms with Gasteiger partial charge in [-0.1, -0.05) is 6.42 Å². The van der Waals surface area contributed by atoms with Crippen LogP contribution in [0.3, 0.4) is 0 Å². The minimum Gasteiger partial charge on any atom is -0.460 e. The zero-order chi connectivity index (χ0) is 20.3. The fourth-order valence-corrected chi connectivity index (χ4v) is 3.03. The molecule has 0 bridgehead atoms. The maximum atomic E-state index is 13.6. The summed E-state index contributed by atoms with van der Waals surface area (Å²) >= 11 is 0. The van der Waals surface area contributed by atoms with Gasteiger partial charge in [0.2, 0.25) is 5.65 Å². The fourth-order valence-electron chi connectivity index (χ4n) is 3.03. The van der Waals surface area contributed by atoms with Crippen LogP contribution in [-0.2, 0) is 9.53 Å². The van der Waals surface area contributed by atoms with E-state index >= 15 is 0 Å². The van der Waals surface area contributed by atoms with Crippen LogP contribution in [0.2, 0.25) is 0 Å². The largest absolute Gasteiger partial charge is 0.460 e. The zero-order valence-electron chi connectivity index (χ0n) is 16.8. The van der Waals surface area contributed by atoms with Crippen LogP contribution in [0.1, 0.15) is 52.3 Å². The third-order valence-corrected chi connectivity index (χ3v) is 4.22. The number of fused-ring (bicyclic) bond motifs is 3. The second-order valence-corrected chi connectivity index (χ2v) is 7.82. The Kier molecular flexibility index (Phi) is 5.76. The summed E-state index contributed by atoms with van der Waals surface area (Å²) in [6.45, 7) is 8.12. The molecular weight excluding hydrogens is 361 g/mol. The lowest BCUT2D eigenvalue weighted by atomic mass is 10.1. The Morgan fingerprint density at radius 1 is 1.21 bits per heavy atom. The molecule has 3 rings (SSSR count). The standard InChI is InChI=1S/C20H26FN5O2/c1-13-24-25-19-18(23-15-10-9-14(21)12-16(15)26(13)19)22-11-7-5-6-8-17(27)28-20(2,3)4/h9-10,12H,5-8,11H2,1-4H3,(H,22,23). The smallest absolute Gasteiger partial charge is 0.306 e. The number of benzene rings is 1. The molecule has 0 aliphatic rings. The van der Waals surface area contributed by atoms with Crippen molar-refractivity contribution in [3.63, 3.8) is 0 Å². The first kappa shape index (κ1) is 20.0. The maximum absolute atomic E-state index is 13.6. The summed E-state index contributed by atoms with van der Waals surface area (Å²) in [6.07, 6.45) is 2.98. The van der Waals surface area contributed by atoms with Gasteiger partial charge in [-0.25, -0.2) is 9.37 Å². The van der Waals surface area contributed by atoms with E-state index in [2.05, 4.69) is 20.5 Å². The Bertz CT molecular complexity index is 994. The number of aryl methyl sites for hydroxylation is 1. The molecule has 0 aliphatic heterocycles. The number of ether oxygens (including phenoxy) is 1. The first-order valence-corrected chi connectivity index (χ1v) is 9.51. The van der Waals surface area contributed by atoms with Gasteiger partial charge < -0.3 is 10.1 Å². The SMILES string of the molecule is Cc1nnc2c(NCCCCCC(=O)OC(C)(C)C)nc3ccc(F)cc3n12. The lowest BCUT2D eigenvalue weighted by Crippen LogP contribution is -2.23. The number of anilines is 1. The van der Waals surface area contributed by atoms with Crippen molar-refractivity contribution >= 4 is 28.5 Å². The molecule has 0 radical (unpaired) electrons. The van der Waals surface area contributed by atoms with Gasteiger partial charge in [-0.05, 0) is 52.7 Å². The molecule has 2 aromatic heterocycles. The zero-order valence-corrected chi connectivity index (χ0v) is 16.8. The molecular formula is C20H26FN5O2. The molecule has 0 fully saturated rings. The molecule has 0 saturated carbocycles. The molecule has 8 heteroatoms. The number of hydrogen-bond donors (Lipinski definition) is 1. The summed E-state index contributed by atoms with van der Waals surface area (Å²) in [5, 5.41) is 11.6. The van der Waals surface area contributed by atoms with Crippen LogP contribution in [0.25, 0.3) is 16.7 Å². The fraction of sp³-hybridized carbons (Fsp3) is 0.500. The number of carbonyl (C=O) groups excluding carboxylic acids is 1. The molecule has 7 nitrogen and oxygen atoms in total. The second-order valence-electron chi connectivity index (χ2n) is 7.82. The Balaban J connectivity index is 1.59. The Morgan fingerprint density at radius 2 is 2.00 bits per heavy atom. The highest BCUT2D eigenvalue weighted by molar-refractivity contribution is 5.83. The van der Waals surface area contributed by atoms with Crippen molar-refractivity contribution in [3.8, 4) is 0 Å². The third kappa shape index (κ3) is 4.74. The normalized spacial score (nSPS) is 11.9. The third-order valence-electron chi connectivity index (χ3n) is 4.22. The number of nitrogens with zero attached hydrogens (tertiary/aromatic N) is 4. The summed E-state index contributed by atoms with van der Waals surface area (Å²) in [5.74, 6) is 0.805. The second kappa shape index (κ2) is 8.08. The molecule has 0 aliphatic carbocycles. The number of unbranched alkanes of at least 4 members (excludes halogenated alkanes) is 2. The first-order valence-electron chi connectivity index (χ1n) is 9.51. The molecule has 0 atom stereocenters. The highest BCUT2D eigenvalue weighted by atomic mass is 19.1. The summed E-state index contributed by atoms with van der Waals surface area (Å²) in [4.78, 5) is 16.3. The molecule has 3 aromatic rings. The molecule has 1 N–H and O–H groups in total. The van der Waals surface area contributed by atoms with Gasteiger partial charge in [-0.15, -0.1) is 10.2 Å². The number of nitrogens with one attached hydrogen (secondary N) is 1. The number of aromatic nitrogens is 4. The predicted molar refractivity (Wildman–Crippen MR) is 106 cm³/mol. The van der Waals surface area contributed by atoms with Crippen LogP contribution < -0.4 is 5.32 Å². The van der Waals surface area contributed by atoms with Crippen molar-refractivity contribution in [2.75, 3.05) is 11.9 Å². The molecule has 28 heavy (non-hydrogen) atoms.